The van der Waals surface area contributed by atoms with Crippen molar-refractivity contribution in [2.75, 3.05) is 32.7 Å². The third kappa shape index (κ3) is 5.35. The zero-order valence-electron chi connectivity index (χ0n) is 18.6. The number of nitrogens with two attached hydrogens (primary N) is 1. The average Bonchev–Trinajstić information content (AvgIpc) is 2.83. The second-order valence-corrected chi connectivity index (χ2v) is 8.77. The van der Waals surface area contributed by atoms with Crippen LogP contribution in [0.4, 0.5) is 4.39 Å². The molecule has 1 fully saturated rings. The van der Waals surface area contributed by atoms with Crippen molar-refractivity contribution in [3.8, 4) is 11.3 Å². The van der Waals surface area contributed by atoms with Crippen LogP contribution < -0.4 is 5.73 Å². The molecule has 7 nitrogen and oxygen atoms in total. The number of aliphatic carboxylic acids is 1. The molecule has 1 aliphatic rings. The molecule has 4 rings (SSSR count). The van der Waals surface area contributed by atoms with Crippen molar-refractivity contribution < 1.29 is 19.1 Å². The number of benzene rings is 2. The van der Waals surface area contributed by atoms with Crippen molar-refractivity contribution in [3.05, 3.63) is 64.4 Å². The summed E-state index contributed by atoms with van der Waals surface area (Å²) in [6, 6.07) is 11.6. The SMILES string of the molecule is NCc1cc(-c2cc(Cl)c3ccc(C(=O)N4CCN(CCCC(=O)O)CC4)cc3n2)ccc1F. The monoisotopic (exact) mass is 484 g/mol. The molecule has 0 spiro atoms. The number of hydrogen-bond donors (Lipinski definition) is 2. The number of carboxylic acids is 1. The van der Waals surface area contributed by atoms with Gasteiger partial charge >= 0.3 is 5.97 Å². The van der Waals surface area contributed by atoms with Gasteiger partial charge in [-0.1, -0.05) is 17.7 Å². The first-order chi connectivity index (χ1) is 16.4. The largest absolute Gasteiger partial charge is 0.481 e. The number of carbonyl (C=O) groups is 2. The van der Waals surface area contributed by atoms with Gasteiger partial charge in [-0.2, -0.15) is 0 Å². The van der Waals surface area contributed by atoms with Crippen molar-refractivity contribution >= 4 is 34.4 Å². The summed E-state index contributed by atoms with van der Waals surface area (Å²) in [5, 5.41) is 10.0. The molecular weight excluding hydrogens is 459 g/mol. The number of carbonyl (C=O) groups excluding carboxylic acids is 1. The van der Waals surface area contributed by atoms with Crippen LogP contribution in [0.2, 0.25) is 5.02 Å². The Morgan fingerprint density at radius 1 is 1.09 bits per heavy atom. The number of rotatable bonds is 7. The first-order valence-corrected chi connectivity index (χ1v) is 11.6. The number of halogens is 2. The molecule has 0 bridgehead atoms. The van der Waals surface area contributed by atoms with Crippen LogP contribution in [0.1, 0.15) is 28.8 Å². The van der Waals surface area contributed by atoms with E-state index in [9.17, 15) is 14.0 Å². The second-order valence-electron chi connectivity index (χ2n) is 8.36. The van der Waals surface area contributed by atoms with Crippen molar-refractivity contribution in [2.24, 2.45) is 5.73 Å². The predicted octanol–water partition coefficient (Wildman–Crippen LogP) is 3.78. The Morgan fingerprint density at radius 3 is 2.56 bits per heavy atom. The Balaban J connectivity index is 1.52. The van der Waals surface area contributed by atoms with Gasteiger partial charge in [0.25, 0.3) is 5.91 Å². The fraction of sp³-hybridized carbons (Fsp3) is 0.320. The number of piperazine rings is 1. The minimum atomic E-state index is -0.791. The van der Waals surface area contributed by atoms with E-state index in [1.165, 1.54) is 6.07 Å². The maximum Gasteiger partial charge on any atom is 0.303 e. The maximum absolute atomic E-state index is 13.9. The molecule has 9 heteroatoms. The van der Waals surface area contributed by atoms with Gasteiger partial charge in [0.05, 0.1) is 16.2 Å². The normalized spacial score (nSPS) is 14.5. The average molecular weight is 485 g/mol. The molecule has 0 atom stereocenters. The van der Waals surface area contributed by atoms with Gasteiger partial charge in [-0.15, -0.1) is 0 Å². The molecule has 178 valence electrons. The summed E-state index contributed by atoms with van der Waals surface area (Å²) in [7, 11) is 0. The van der Waals surface area contributed by atoms with Crippen molar-refractivity contribution in [1.29, 1.82) is 0 Å². The van der Waals surface area contributed by atoms with Crippen LogP contribution in [0.25, 0.3) is 22.2 Å². The number of fused-ring (bicyclic) bond motifs is 1. The lowest BCUT2D eigenvalue weighted by Crippen LogP contribution is -2.48. The van der Waals surface area contributed by atoms with E-state index in [1.807, 2.05) is 0 Å². The summed E-state index contributed by atoms with van der Waals surface area (Å²) >= 11 is 6.50. The van der Waals surface area contributed by atoms with E-state index in [0.29, 0.717) is 72.1 Å². The molecule has 1 aromatic heterocycles. The number of aromatic nitrogens is 1. The predicted molar refractivity (Wildman–Crippen MR) is 129 cm³/mol. The van der Waals surface area contributed by atoms with Crippen molar-refractivity contribution in [2.45, 2.75) is 19.4 Å². The van der Waals surface area contributed by atoms with E-state index in [0.717, 1.165) is 5.39 Å². The quantitative estimate of drug-likeness (QED) is 0.529. The number of amides is 1. The Hall–Kier alpha value is -3.07. The molecule has 0 aliphatic carbocycles. The summed E-state index contributed by atoms with van der Waals surface area (Å²) in [6.45, 7) is 3.37. The zero-order valence-corrected chi connectivity index (χ0v) is 19.4. The van der Waals surface area contributed by atoms with Gasteiger partial charge < -0.3 is 15.7 Å². The van der Waals surface area contributed by atoms with Crippen LogP contribution >= 0.6 is 11.6 Å². The van der Waals surface area contributed by atoms with Crippen LogP contribution in [0.5, 0.6) is 0 Å². The van der Waals surface area contributed by atoms with Gasteiger partial charge in [0.2, 0.25) is 0 Å². The lowest BCUT2D eigenvalue weighted by Gasteiger charge is -2.34. The van der Waals surface area contributed by atoms with Crippen molar-refractivity contribution in [1.82, 2.24) is 14.8 Å². The summed E-state index contributed by atoms with van der Waals surface area (Å²) in [5.74, 6) is -1.24. The zero-order chi connectivity index (χ0) is 24.2. The van der Waals surface area contributed by atoms with Gasteiger partial charge in [0, 0.05) is 61.2 Å². The first kappa shape index (κ1) is 24.1. The van der Waals surface area contributed by atoms with E-state index in [1.54, 1.807) is 41.3 Å². The smallest absolute Gasteiger partial charge is 0.303 e. The Labute approximate surface area is 201 Å². The summed E-state index contributed by atoms with van der Waals surface area (Å²) in [4.78, 5) is 32.5. The third-order valence-electron chi connectivity index (χ3n) is 6.09. The van der Waals surface area contributed by atoms with Crippen LogP contribution in [-0.4, -0.2) is 64.5 Å². The molecule has 2 heterocycles. The number of pyridine rings is 1. The van der Waals surface area contributed by atoms with E-state index in [4.69, 9.17) is 22.4 Å². The number of nitrogens with zero attached hydrogens (tertiary/aromatic N) is 3. The third-order valence-corrected chi connectivity index (χ3v) is 6.40. The summed E-state index contributed by atoms with van der Waals surface area (Å²) in [6.07, 6.45) is 0.753. The molecular formula is C25H26ClFN4O3. The molecule has 3 N–H and O–H groups in total. The fourth-order valence-corrected chi connectivity index (χ4v) is 4.43. The van der Waals surface area contributed by atoms with Gasteiger partial charge in [0.1, 0.15) is 5.82 Å². The summed E-state index contributed by atoms with van der Waals surface area (Å²) in [5.41, 5.74) is 8.40. The maximum atomic E-state index is 13.9. The standard InChI is InChI=1S/C25H26ClFN4O3/c26-20-14-22(16-4-6-21(27)18(12-16)15-28)29-23-13-17(3-5-19(20)23)25(34)31-10-8-30(9-11-31)7-1-2-24(32)33/h3-6,12-14H,1-2,7-11,15,28H2,(H,32,33). The minimum Gasteiger partial charge on any atom is -0.481 e. The first-order valence-electron chi connectivity index (χ1n) is 11.2. The van der Waals surface area contributed by atoms with Gasteiger partial charge in [-0.3, -0.25) is 14.5 Å². The van der Waals surface area contributed by atoms with Gasteiger partial charge in [-0.25, -0.2) is 9.37 Å². The van der Waals surface area contributed by atoms with E-state index in [2.05, 4.69) is 9.88 Å². The van der Waals surface area contributed by atoms with Gasteiger partial charge in [0.15, 0.2) is 0 Å². The molecule has 0 saturated carbocycles. The number of carboxylic acid groups (broad SMARTS) is 1. The highest BCUT2D eigenvalue weighted by atomic mass is 35.5. The topological polar surface area (TPSA) is 99.8 Å². The highest BCUT2D eigenvalue weighted by molar-refractivity contribution is 6.35. The van der Waals surface area contributed by atoms with Crippen molar-refractivity contribution in [3.63, 3.8) is 0 Å². The van der Waals surface area contributed by atoms with E-state index in [-0.39, 0.29) is 24.7 Å². The fourth-order valence-electron chi connectivity index (χ4n) is 4.17. The molecule has 0 unspecified atom stereocenters. The molecule has 3 aromatic rings. The Bertz CT molecular complexity index is 1230. The van der Waals surface area contributed by atoms with E-state index < -0.39 is 5.97 Å². The van der Waals surface area contributed by atoms with Gasteiger partial charge in [-0.05, 0) is 49.4 Å². The van der Waals surface area contributed by atoms with Crippen LogP contribution in [0.15, 0.2) is 42.5 Å². The lowest BCUT2D eigenvalue weighted by atomic mass is 10.0. The van der Waals surface area contributed by atoms with Crippen LogP contribution in [0, 0.1) is 5.82 Å². The van der Waals surface area contributed by atoms with E-state index >= 15 is 0 Å². The molecule has 1 amide bonds. The van der Waals surface area contributed by atoms with Crippen LogP contribution in [0.3, 0.4) is 0 Å². The molecule has 1 saturated heterocycles. The second kappa shape index (κ2) is 10.5. The lowest BCUT2D eigenvalue weighted by molar-refractivity contribution is -0.137. The summed E-state index contributed by atoms with van der Waals surface area (Å²) < 4.78 is 13.9. The van der Waals surface area contributed by atoms with Crippen LogP contribution in [-0.2, 0) is 11.3 Å². The highest BCUT2D eigenvalue weighted by Crippen LogP contribution is 2.30. The molecule has 0 radical (unpaired) electrons. The molecule has 34 heavy (non-hydrogen) atoms. The molecule has 1 aliphatic heterocycles. The Kier molecular flexibility index (Phi) is 7.41. The minimum absolute atomic E-state index is 0.0759. The highest BCUT2D eigenvalue weighted by Gasteiger charge is 2.22. The molecule has 2 aromatic carbocycles. The Morgan fingerprint density at radius 2 is 1.85 bits per heavy atom. The number of hydrogen-bond acceptors (Lipinski definition) is 5.